The number of fused-ring (bicyclic) bond motifs is 1. The molecule has 1 aliphatic rings. The van der Waals surface area contributed by atoms with E-state index in [-0.39, 0.29) is 12.0 Å². The maximum Gasteiger partial charge on any atom is 0.185 e. The zero-order valence-electron chi connectivity index (χ0n) is 16.1. The van der Waals surface area contributed by atoms with E-state index in [1.54, 1.807) is 37.6 Å². The van der Waals surface area contributed by atoms with Crippen LogP contribution >= 0.6 is 11.3 Å². The second-order valence-electron chi connectivity index (χ2n) is 6.68. The Labute approximate surface area is 176 Å². The minimum absolute atomic E-state index is 0.162. The van der Waals surface area contributed by atoms with Crippen molar-refractivity contribution in [2.45, 2.75) is 6.29 Å². The Morgan fingerprint density at radius 3 is 2.67 bits per heavy atom. The van der Waals surface area contributed by atoms with Gasteiger partial charge in [-0.15, -0.1) is 11.3 Å². The first-order chi connectivity index (χ1) is 14.7. The minimum Gasteiger partial charge on any atom is -0.453 e. The van der Waals surface area contributed by atoms with E-state index in [0.717, 1.165) is 26.4 Å². The van der Waals surface area contributed by atoms with Crippen LogP contribution in [-0.2, 0) is 9.47 Å². The van der Waals surface area contributed by atoms with Gasteiger partial charge in [0.1, 0.15) is 5.75 Å². The Balaban J connectivity index is 1.45. The molecule has 152 valence electrons. The molecule has 3 aromatic heterocycles. The van der Waals surface area contributed by atoms with Crippen molar-refractivity contribution in [3.63, 3.8) is 0 Å². The standard InChI is InChI=1S/C22H18FN3O3S/c1-24-14-3-5-18(15(23)10-14)29-19-6-7-25-17-11-20(30-21(17)19)16-4-2-13(12-26-16)22-27-8-9-28-22/h2-7,10-12,22,24H,8-9H2,1H3. The monoisotopic (exact) mass is 423 g/mol. The van der Waals surface area contributed by atoms with Gasteiger partial charge in [-0.05, 0) is 24.3 Å². The number of thiophene rings is 1. The second-order valence-corrected chi connectivity index (χ2v) is 7.73. The maximum absolute atomic E-state index is 14.4. The van der Waals surface area contributed by atoms with E-state index < -0.39 is 5.82 Å². The van der Waals surface area contributed by atoms with Gasteiger partial charge in [0.05, 0.1) is 34.0 Å². The predicted molar refractivity (Wildman–Crippen MR) is 114 cm³/mol. The SMILES string of the molecule is CNc1ccc(Oc2ccnc3cc(-c4ccc(C5OCCO5)cn4)sc23)c(F)c1. The smallest absolute Gasteiger partial charge is 0.185 e. The van der Waals surface area contributed by atoms with Gasteiger partial charge >= 0.3 is 0 Å². The van der Waals surface area contributed by atoms with Crippen molar-refractivity contribution in [2.75, 3.05) is 25.6 Å². The van der Waals surface area contributed by atoms with Gasteiger partial charge in [0.15, 0.2) is 17.9 Å². The third kappa shape index (κ3) is 3.60. The molecule has 1 N–H and O–H groups in total. The van der Waals surface area contributed by atoms with Crippen molar-refractivity contribution < 1.29 is 18.6 Å². The predicted octanol–water partition coefficient (Wildman–Crippen LogP) is 5.38. The third-order valence-corrected chi connectivity index (χ3v) is 5.91. The van der Waals surface area contributed by atoms with Crippen LogP contribution in [-0.4, -0.2) is 30.2 Å². The summed E-state index contributed by atoms with van der Waals surface area (Å²) in [4.78, 5) is 9.91. The molecule has 6 nitrogen and oxygen atoms in total. The maximum atomic E-state index is 14.4. The molecular formula is C22H18FN3O3S. The number of aromatic nitrogens is 2. The van der Waals surface area contributed by atoms with Crippen LogP contribution in [0.25, 0.3) is 20.8 Å². The Morgan fingerprint density at radius 1 is 1.07 bits per heavy atom. The zero-order chi connectivity index (χ0) is 20.5. The van der Waals surface area contributed by atoms with E-state index in [2.05, 4.69) is 15.3 Å². The Morgan fingerprint density at radius 2 is 1.93 bits per heavy atom. The van der Waals surface area contributed by atoms with Gasteiger partial charge in [-0.3, -0.25) is 9.97 Å². The molecular weight excluding hydrogens is 405 g/mol. The number of benzene rings is 1. The van der Waals surface area contributed by atoms with Crippen molar-refractivity contribution in [1.29, 1.82) is 0 Å². The lowest BCUT2D eigenvalue weighted by atomic mass is 10.2. The first-order valence-electron chi connectivity index (χ1n) is 9.44. The summed E-state index contributed by atoms with van der Waals surface area (Å²) in [6.07, 6.45) is 3.07. The molecule has 4 aromatic rings. The molecule has 30 heavy (non-hydrogen) atoms. The number of halogens is 1. The molecule has 1 aromatic carbocycles. The van der Waals surface area contributed by atoms with Crippen molar-refractivity contribution in [2.24, 2.45) is 0 Å². The van der Waals surface area contributed by atoms with Gasteiger partial charge < -0.3 is 19.5 Å². The van der Waals surface area contributed by atoms with Crippen LogP contribution in [0.4, 0.5) is 10.1 Å². The van der Waals surface area contributed by atoms with Crippen LogP contribution in [0, 0.1) is 5.82 Å². The molecule has 0 amide bonds. The molecule has 4 heterocycles. The summed E-state index contributed by atoms with van der Waals surface area (Å²) in [7, 11) is 1.74. The molecule has 0 atom stereocenters. The van der Waals surface area contributed by atoms with Crippen LogP contribution in [0.1, 0.15) is 11.9 Å². The molecule has 0 saturated carbocycles. The van der Waals surface area contributed by atoms with E-state index in [1.165, 1.54) is 17.4 Å². The topological polar surface area (TPSA) is 65.5 Å². The number of hydrogen-bond acceptors (Lipinski definition) is 7. The Hall–Kier alpha value is -3.07. The molecule has 0 bridgehead atoms. The molecule has 0 unspecified atom stereocenters. The highest BCUT2D eigenvalue weighted by atomic mass is 32.1. The summed E-state index contributed by atoms with van der Waals surface area (Å²) in [6, 6.07) is 12.3. The summed E-state index contributed by atoms with van der Waals surface area (Å²) in [5, 5.41) is 2.91. The fourth-order valence-electron chi connectivity index (χ4n) is 3.22. The van der Waals surface area contributed by atoms with Crippen molar-refractivity contribution in [3.8, 4) is 22.1 Å². The normalized spacial score (nSPS) is 14.3. The molecule has 8 heteroatoms. The largest absolute Gasteiger partial charge is 0.453 e. The van der Waals surface area contributed by atoms with Crippen LogP contribution in [0.5, 0.6) is 11.5 Å². The van der Waals surface area contributed by atoms with Crippen LogP contribution < -0.4 is 10.1 Å². The van der Waals surface area contributed by atoms with Crippen molar-refractivity contribution in [1.82, 2.24) is 9.97 Å². The third-order valence-electron chi connectivity index (χ3n) is 4.75. The van der Waals surface area contributed by atoms with E-state index >= 15 is 0 Å². The second kappa shape index (κ2) is 7.98. The van der Waals surface area contributed by atoms with Gasteiger partial charge in [0.25, 0.3) is 0 Å². The fourth-order valence-corrected chi connectivity index (χ4v) is 4.26. The summed E-state index contributed by atoms with van der Waals surface area (Å²) >= 11 is 1.50. The zero-order valence-corrected chi connectivity index (χ0v) is 16.9. The molecule has 0 spiro atoms. The highest BCUT2D eigenvalue weighted by Crippen LogP contribution is 2.39. The number of ether oxygens (including phenoxy) is 3. The van der Waals surface area contributed by atoms with Crippen LogP contribution in [0.15, 0.2) is 54.9 Å². The number of anilines is 1. The molecule has 0 aliphatic carbocycles. The lowest BCUT2D eigenvalue weighted by molar-refractivity contribution is -0.0443. The average Bonchev–Trinajstić information content (AvgIpc) is 3.46. The molecule has 1 aliphatic heterocycles. The Kier molecular flexibility index (Phi) is 5.04. The number of hydrogen-bond donors (Lipinski definition) is 1. The van der Waals surface area contributed by atoms with E-state index in [4.69, 9.17) is 14.2 Å². The average molecular weight is 423 g/mol. The van der Waals surface area contributed by atoms with Gasteiger partial charge in [-0.25, -0.2) is 4.39 Å². The highest BCUT2D eigenvalue weighted by molar-refractivity contribution is 7.22. The van der Waals surface area contributed by atoms with Gasteiger partial charge in [-0.2, -0.15) is 0 Å². The molecule has 1 saturated heterocycles. The number of pyridine rings is 2. The Bertz CT molecular complexity index is 1190. The summed E-state index contributed by atoms with van der Waals surface area (Å²) in [6.45, 7) is 1.19. The van der Waals surface area contributed by atoms with Crippen LogP contribution in [0.2, 0.25) is 0 Å². The van der Waals surface area contributed by atoms with E-state index in [1.807, 2.05) is 18.2 Å². The van der Waals surface area contributed by atoms with Gasteiger partial charge in [0.2, 0.25) is 0 Å². The van der Waals surface area contributed by atoms with Gasteiger partial charge in [-0.1, -0.05) is 6.07 Å². The molecule has 1 fully saturated rings. The summed E-state index contributed by atoms with van der Waals surface area (Å²) in [5.74, 6) is 0.282. The first-order valence-corrected chi connectivity index (χ1v) is 10.3. The molecule has 5 rings (SSSR count). The fraction of sp³-hybridized carbons (Fsp3) is 0.182. The van der Waals surface area contributed by atoms with Gasteiger partial charge in [0, 0.05) is 42.8 Å². The lowest BCUT2D eigenvalue weighted by Gasteiger charge is -2.09. The number of nitrogens with zero attached hydrogens (tertiary/aromatic N) is 2. The van der Waals surface area contributed by atoms with Crippen molar-refractivity contribution >= 4 is 27.2 Å². The van der Waals surface area contributed by atoms with Crippen molar-refractivity contribution in [3.05, 3.63) is 66.2 Å². The van der Waals surface area contributed by atoms with E-state index in [9.17, 15) is 4.39 Å². The van der Waals surface area contributed by atoms with E-state index in [0.29, 0.717) is 24.7 Å². The number of nitrogens with one attached hydrogen (secondary N) is 1. The minimum atomic E-state index is -0.433. The van der Waals surface area contributed by atoms with Crippen LogP contribution in [0.3, 0.4) is 0 Å². The summed E-state index contributed by atoms with van der Waals surface area (Å²) in [5.41, 5.74) is 3.16. The number of rotatable bonds is 5. The summed E-state index contributed by atoms with van der Waals surface area (Å²) < 4.78 is 32.1. The highest BCUT2D eigenvalue weighted by Gasteiger charge is 2.19. The quantitative estimate of drug-likeness (QED) is 0.465. The lowest BCUT2D eigenvalue weighted by Crippen LogP contribution is -1.98. The molecule has 0 radical (unpaired) electrons. The first kappa shape index (κ1) is 18.9.